The molecular weight excluding hydrogens is 412 g/mol. The summed E-state index contributed by atoms with van der Waals surface area (Å²) in [6.45, 7) is 11.2. The van der Waals surface area contributed by atoms with Gasteiger partial charge in [0.15, 0.2) is 0 Å². The smallest absolute Gasteiger partial charge is 0.302 e. The Morgan fingerprint density at radius 2 is 1.91 bits per heavy atom. The number of hydrogen-bond donors (Lipinski definition) is 2. The summed E-state index contributed by atoms with van der Waals surface area (Å²) in [5.41, 5.74) is 2.61. The van der Waals surface area contributed by atoms with Crippen molar-refractivity contribution in [2.24, 2.45) is 40.4 Å². The Balaban J connectivity index is 1.60. The topological polar surface area (TPSA) is 66.8 Å². The minimum absolute atomic E-state index is 0.205. The second kappa shape index (κ2) is 9.49. The van der Waals surface area contributed by atoms with E-state index in [-0.39, 0.29) is 28.8 Å². The van der Waals surface area contributed by atoms with Crippen molar-refractivity contribution in [3.8, 4) is 0 Å². The minimum Gasteiger partial charge on any atom is -0.465 e. The van der Waals surface area contributed by atoms with Crippen molar-refractivity contribution in [3.05, 3.63) is 23.3 Å². The molecule has 4 heteroatoms. The Labute approximate surface area is 200 Å². The molecule has 33 heavy (non-hydrogen) atoms. The van der Waals surface area contributed by atoms with E-state index in [4.69, 9.17) is 4.74 Å². The third-order valence-electron chi connectivity index (χ3n) is 10.3. The summed E-state index contributed by atoms with van der Waals surface area (Å²) in [6.07, 6.45) is 13.0. The maximum Gasteiger partial charge on any atom is 0.302 e. The lowest BCUT2D eigenvalue weighted by Gasteiger charge is -2.60. The van der Waals surface area contributed by atoms with Crippen LogP contribution in [-0.4, -0.2) is 35.0 Å². The predicted molar refractivity (Wildman–Crippen MR) is 131 cm³/mol. The van der Waals surface area contributed by atoms with Gasteiger partial charge in [-0.25, -0.2) is 0 Å². The molecular formula is C29H46O4. The van der Waals surface area contributed by atoms with Crippen molar-refractivity contribution in [3.63, 3.8) is 0 Å². The zero-order valence-corrected chi connectivity index (χ0v) is 21.5. The highest BCUT2D eigenvalue weighted by molar-refractivity contribution is 5.66. The zero-order valence-electron chi connectivity index (χ0n) is 21.5. The summed E-state index contributed by atoms with van der Waals surface area (Å²) < 4.78 is 5.67. The Hall–Kier alpha value is -1.13. The van der Waals surface area contributed by atoms with E-state index in [2.05, 4.69) is 39.8 Å². The summed E-state index contributed by atoms with van der Waals surface area (Å²) in [4.78, 5) is 11.8. The average molecular weight is 459 g/mol. The highest BCUT2D eigenvalue weighted by atomic mass is 16.5. The number of fused-ring (bicyclic) bond motifs is 5. The van der Waals surface area contributed by atoms with Crippen LogP contribution in [0.4, 0.5) is 0 Å². The third-order valence-corrected chi connectivity index (χ3v) is 10.3. The molecule has 0 saturated heterocycles. The number of allylic oxidation sites excluding steroid dienone is 2. The molecule has 3 fully saturated rings. The molecule has 0 aromatic carbocycles. The molecule has 4 aliphatic carbocycles. The second-order valence-electron chi connectivity index (χ2n) is 12.4. The number of hydrogen-bond acceptors (Lipinski definition) is 4. The van der Waals surface area contributed by atoms with Gasteiger partial charge in [-0.1, -0.05) is 37.1 Å². The number of rotatable bonds is 6. The van der Waals surface area contributed by atoms with Gasteiger partial charge in [0, 0.05) is 12.3 Å². The average Bonchev–Trinajstić information content (AvgIpc) is 3.09. The van der Waals surface area contributed by atoms with Crippen molar-refractivity contribution in [2.45, 2.75) is 105 Å². The molecule has 186 valence electrons. The number of carbonyl (C=O) groups is 1. The summed E-state index contributed by atoms with van der Waals surface area (Å²) in [6, 6.07) is 0. The normalized spacial score (nSPS) is 42.9. The minimum atomic E-state index is -0.454. The van der Waals surface area contributed by atoms with E-state index in [9.17, 15) is 15.0 Å². The van der Waals surface area contributed by atoms with E-state index in [1.54, 1.807) is 0 Å². The van der Waals surface area contributed by atoms with Gasteiger partial charge in [0.05, 0.1) is 12.2 Å². The standard InChI is InChI=1S/C29H46O4/c1-18(2)7-6-8-19(3)23-9-10-24-27-25(12-13-28(23,24)5)29(17-33-20(4)30)14-11-22(31)15-21(29)16-26(27)32/h7,16,19,22-27,31-32H,6,8-15,17H2,1-5H3/t19-,22+,23-,24+,25-,26+,27+,28-,29-/m1/s1. The Bertz CT molecular complexity index is 795. The van der Waals surface area contributed by atoms with Crippen molar-refractivity contribution in [1.82, 2.24) is 0 Å². The quantitative estimate of drug-likeness (QED) is 0.389. The molecule has 0 heterocycles. The Morgan fingerprint density at radius 3 is 2.61 bits per heavy atom. The molecule has 4 nitrogen and oxygen atoms in total. The summed E-state index contributed by atoms with van der Waals surface area (Å²) in [7, 11) is 0. The first kappa shape index (κ1) is 25.0. The molecule has 0 spiro atoms. The third kappa shape index (κ3) is 4.47. The van der Waals surface area contributed by atoms with Gasteiger partial charge >= 0.3 is 5.97 Å². The zero-order chi connectivity index (χ0) is 24.0. The van der Waals surface area contributed by atoms with Crippen LogP contribution in [0.25, 0.3) is 0 Å². The van der Waals surface area contributed by atoms with E-state index < -0.39 is 6.10 Å². The number of ether oxygens (including phenoxy) is 1. The van der Waals surface area contributed by atoms with Crippen LogP contribution in [-0.2, 0) is 9.53 Å². The lowest BCUT2D eigenvalue weighted by molar-refractivity contribution is -0.153. The number of carbonyl (C=O) groups excluding carboxylic acids is 1. The first-order valence-corrected chi connectivity index (χ1v) is 13.4. The maximum absolute atomic E-state index is 11.8. The van der Waals surface area contributed by atoms with Crippen LogP contribution >= 0.6 is 0 Å². The SMILES string of the molecule is CC(=O)OC[C@]12CC[C@H](O)CC1=C[C@H](O)[C@@H]1[C@H]2CC[C@]2(C)[C@@H]([C@H](C)CCC=C(C)C)CC[C@@H]12. The number of aliphatic hydroxyl groups is 2. The summed E-state index contributed by atoms with van der Waals surface area (Å²) in [5.74, 6) is 2.25. The molecule has 4 aliphatic rings. The van der Waals surface area contributed by atoms with Gasteiger partial charge in [-0.05, 0) is 107 Å². The molecule has 9 atom stereocenters. The molecule has 0 aliphatic heterocycles. The fourth-order valence-corrected chi connectivity index (χ4v) is 8.75. The lowest BCUT2D eigenvalue weighted by atomic mass is 9.46. The van der Waals surface area contributed by atoms with Crippen LogP contribution in [0.3, 0.4) is 0 Å². The maximum atomic E-state index is 11.8. The van der Waals surface area contributed by atoms with Crippen molar-refractivity contribution in [1.29, 1.82) is 0 Å². The van der Waals surface area contributed by atoms with Crippen molar-refractivity contribution >= 4 is 5.97 Å². The van der Waals surface area contributed by atoms with Crippen LogP contribution in [0.15, 0.2) is 23.3 Å². The van der Waals surface area contributed by atoms with E-state index in [0.717, 1.165) is 31.3 Å². The van der Waals surface area contributed by atoms with Gasteiger partial charge in [0.2, 0.25) is 0 Å². The van der Waals surface area contributed by atoms with E-state index in [1.807, 2.05) is 0 Å². The number of aliphatic hydroxyl groups excluding tert-OH is 2. The molecule has 0 radical (unpaired) electrons. The van der Waals surface area contributed by atoms with Crippen molar-refractivity contribution in [2.75, 3.05) is 6.61 Å². The molecule has 2 N–H and O–H groups in total. The van der Waals surface area contributed by atoms with Gasteiger partial charge in [0.25, 0.3) is 0 Å². The van der Waals surface area contributed by atoms with Gasteiger partial charge in [-0.3, -0.25) is 4.79 Å². The summed E-state index contributed by atoms with van der Waals surface area (Å²) >= 11 is 0. The lowest BCUT2D eigenvalue weighted by Crippen LogP contribution is -2.57. The second-order valence-corrected chi connectivity index (χ2v) is 12.4. The predicted octanol–water partition coefficient (Wildman–Crippen LogP) is 5.82. The Morgan fingerprint density at radius 1 is 1.15 bits per heavy atom. The van der Waals surface area contributed by atoms with Crippen LogP contribution in [0.5, 0.6) is 0 Å². The van der Waals surface area contributed by atoms with Crippen LogP contribution < -0.4 is 0 Å². The van der Waals surface area contributed by atoms with E-state index in [0.29, 0.717) is 36.7 Å². The first-order chi connectivity index (χ1) is 15.6. The first-order valence-electron chi connectivity index (χ1n) is 13.4. The summed E-state index contributed by atoms with van der Waals surface area (Å²) in [5, 5.41) is 21.8. The van der Waals surface area contributed by atoms with Crippen molar-refractivity contribution < 1.29 is 19.7 Å². The van der Waals surface area contributed by atoms with Gasteiger partial charge < -0.3 is 14.9 Å². The molecule has 4 rings (SSSR count). The molecule has 0 amide bonds. The molecule has 3 saturated carbocycles. The van der Waals surface area contributed by atoms with E-state index >= 15 is 0 Å². The highest BCUT2D eigenvalue weighted by Gasteiger charge is 2.62. The molecule has 0 aromatic heterocycles. The van der Waals surface area contributed by atoms with E-state index in [1.165, 1.54) is 38.2 Å². The highest BCUT2D eigenvalue weighted by Crippen LogP contribution is 2.67. The van der Waals surface area contributed by atoms with Gasteiger partial charge in [0.1, 0.15) is 6.61 Å². The van der Waals surface area contributed by atoms with Crippen LogP contribution in [0.1, 0.15) is 92.4 Å². The fourth-order valence-electron chi connectivity index (χ4n) is 8.75. The number of esters is 1. The molecule has 0 aromatic rings. The largest absolute Gasteiger partial charge is 0.465 e. The van der Waals surface area contributed by atoms with Crippen LogP contribution in [0.2, 0.25) is 0 Å². The molecule has 0 unspecified atom stereocenters. The monoisotopic (exact) mass is 458 g/mol. The molecule has 0 bridgehead atoms. The van der Waals surface area contributed by atoms with Crippen LogP contribution in [0, 0.1) is 40.4 Å². The fraction of sp³-hybridized carbons (Fsp3) is 0.828. The Kier molecular flexibility index (Phi) is 7.18. The van der Waals surface area contributed by atoms with Gasteiger partial charge in [-0.2, -0.15) is 0 Å². The van der Waals surface area contributed by atoms with Gasteiger partial charge in [-0.15, -0.1) is 0 Å².